The highest BCUT2D eigenvalue weighted by Gasteiger charge is 2.18. The third-order valence-electron chi connectivity index (χ3n) is 5.54. The molecule has 30 heavy (non-hydrogen) atoms. The van der Waals surface area contributed by atoms with Crippen molar-refractivity contribution in [3.8, 4) is 11.3 Å². The number of amides is 1. The topological polar surface area (TPSA) is 77.6 Å². The van der Waals surface area contributed by atoms with Crippen LogP contribution in [-0.2, 0) is 20.1 Å². The second-order valence-corrected chi connectivity index (χ2v) is 7.52. The zero-order valence-electron chi connectivity index (χ0n) is 18.0. The largest absolute Gasteiger partial charge is 0.348 e. The minimum absolute atomic E-state index is 0.127. The molecule has 0 aliphatic carbocycles. The molecule has 0 saturated heterocycles. The fraction of sp³-hybridized carbons (Fsp3) is 0.304. The van der Waals surface area contributed by atoms with Crippen molar-refractivity contribution in [2.45, 2.75) is 40.8 Å². The van der Waals surface area contributed by atoms with Gasteiger partial charge in [-0.2, -0.15) is 10.2 Å². The number of nitrogens with zero attached hydrogens (tertiary/aromatic N) is 5. The van der Waals surface area contributed by atoms with Crippen molar-refractivity contribution in [2.75, 3.05) is 0 Å². The number of nitrogens with one attached hydrogen (secondary N) is 1. The van der Waals surface area contributed by atoms with Crippen molar-refractivity contribution < 1.29 is 4.79 Å². The molecular weight excluding hydrogens is 376 g/mol. The number of carbonyl (C=O) groups is 1. The van der Waals surface area contributed by atoms with E-state index in [1.165, 1.54) is 0 Å². The molecular formula is C23H26N6O. The molecule has 154 valence electrons. The number of hydrogen-bond acceptors (Lipinski definition) is 4. The van der Waals surface area contributed by atoms with E-state index in [1.807, 2.05) is 80.6 Å². The zero-order chi connectivity index (χ0) is 21.4. The Balaban J connectivity index is 1.73. The quantitative estimate of drug-likeness (QED) is 0.552. The Morgan fingerprint density at radius 2 is 1.87 bits per heavy atom. The highest BCUT2D eigenvalue weighted by Crippen LogP contribution is 2.29. The second kappa shape index (κ2) is 7.74. The number of pyridine rings is 1. The predicted molar refractivity (Wildman–Crippen MR) is 117 cm³/mol. The van der Waals surface area contributed by atoms with Crippen molar-refractivity contribution in [3.63, 3.8) is 0 Å². The lowest BCUT2D eigenvalue weighted by Gasteiger charge is -2.11. The highest BCUT2D eigenvalue weighted by atomic mass is 16.1. The molecule has 0 atom stereocenters. The molecule has 0 aliphatic rings. The summed E-state index contributed by atoms with van der Waals surface area (Å²) in [6, 6.07) is 9.61. The van der Waals surface area contributed by atoms with E-state index < -0.39 is 0 Å². The molecule has 0 saturated carbocycles. The van der Waals surface area contributed by atoms with Crippen LogP contribution in [0.3, 0.4) is 0 Å². The van der Waals surface area contributed by atoms with Crippen LogP contribution in [0.25, 0.3) is 22.2 Å². The first-order valence-corrected chi connectivity index (χ1v) is 10.1. The molecule has 0 bridgehead atoms. The first-order chi connectivity index (χ1) is 14.4. The summed E-state index contributed by atoms with van der Waals surface area (Å²) in [4.78, 5) is 18.0. The second-order valence-electron chi connectivity index (χ2n) is 7.52. The molecule has 1 aromatic carbocycles. The Labute approximate surface area is 175 Å². The van der Waals surface area contributed by atoms with Gasteiger partial charge in [0.05, 0.1) is 28.2 Å². The van der Waals surface area contributed by atoms with Gasteiger partial charge < -0.3 is 5.32 Å². The first kappa shape index (κ1) is 19.8. The van der Waals surface area contributed by atoms with Crippen molar-refractivity contribution in [2.24, 2.45) is 7.05 Å². The molecule has 0 unspecified atom stereocenters. The minimum atomic E-state index is -0.127. The van der Waals surface area contributed by atoms with Crippen molar-refractivity contribution in [1.29, 1.82) is 0 Å². The molecule has 3 aromatic heterocycles. The molecule has 3 heterocycles. The molecule has 0 aliphatic heterocycles. The van der Waals surface area contributed by atoms with Crippen LogP contribution in [0.1, 0.15) is 39.9 Å². The third-order valence-corrected chi connectivity index (χ3v) is 5.54. The normalized spacial score (nSPS) is 11.2. The number of para-hydroxylation sites is 1. The predicted octanol–water partition coefficient (Wildman–Crippen LogP) is 3.71. The standard InChI is InChI=1S/C23H26N6O/c1-6-29-13-17(14(2)27-29)12-24-23(30)19-11-21(22-15(3)26-28(5)16(22)4)25-20-10-8-7-9-18(19)20/h7-11,13H,6,12H2,1-5H3,(H,24,30). The maximum absolute atomic E-state index is 13.2. The molecule has 7 heteroatoms. The van der Waals surface area contributed by atoms with Gasteiger partial charge in [-0.1, -0.05) is 18.2 Å². The maximum Gasteiger partial charge on any atom is 0.252 e. The Morgan fingerprint density at radius 1 is 1.10 bits per heavy atom. The van der Waals surface area contributed by atoms with Gasteiger partial charge in [0.15, 0.2) is 0 Å². The molecule has 0 spiro atoms. The maximum atomic E-state index is 13.2. The Morgan fingerprint density at radius 3 is 2.53 bits per heavy atom. The summed E-state index contributed by atoms with van der Waals surface area (Å²) >= 11 is 0. The lowest BCUT2D eigenvalue weighted by Crippen LogP contribution is -2.23. The fourth-order valence-electron chi connectivity index (χ4n) is 3.80. The smallest absolute Gasteiger partial charge is 0.252 e. The number of hydrogen-bond donors (Lipinski definition) is 1. The monoisotopic (exact) mass is 402 g/mol. The number of rotatable bonds is 5. The van der Waals surface area contributed by atoms with Gasteiger partial charge in [-0.25, -0.2) is 4.98 Å². The van der Waals surface area contributed by atoms with Crippen LogP contribution in [0.5, 0.6) is 0 Å². The summed E-state index contributed by atoms with van der Waals surface area (Å²) in [6.07, 6.45) is 1.98. The average Bonchev–Trinajstić information content (AvgIpc) is 3.23. The van der Waals surface area contributed by atoms with Gasteiger partial charge in [0, 0.05) is 48.5 Å². The van der Waals surface area contributed by atoms with Crippen LogP contribution < -0.4 is 5.32 Å². The van der Waals surface area contributed by atoms with Crippen molar-refractivity contribution in [3.05, 3.63) is 64.7 Å². The molecule has 4 aromatic rings. The van der Waals surface area contributed by atoms with Gasteiger partial charge in [-0.3, -0.25) is 14.2 Å². The van der Waals surface area contributed by atoms with E-state index in [0.717, 1.165) is 51.4 Å². The van der Waals surface area contributed by atoms with Crippen LogP contribution in [0.2, 0.25) is 0 Å². The summed E-state index contributed by atoms with van der Waals surface area (Å²) in [5.41, 5.74) is 6.99. The van der Waals surface area contributed by atoms with Crippen LogP contribution in [0.15, 0.2) is 36.5 Å². The van der Waals surface area contributed by atoms with Gasteiger partial charge >= 0.3 is 0 Å². The van der Waals surface area contributed by atoms with Crippen molar-refractivity contribution in [1.82, 2.24) is 29.9 Å². The van der Waals surface area contributed by atoms with E-state index >= 15 is 0 Å². The average molecular weight is 403 g/mol. The Kier molecular flexibility index (Phi) is 5.11. The lowest BCUT2D eigenvalue weighted by molar-refractivity contribution is 0.0952. The van der Waals surface area contributed by atoms with E-state index in [2.05, 4.69) is 15.5 Å². The minimum Gasteiger partial charge on any atom is -0.348 e. The highest BCUT2D eigenvalue weighted by molar-refractivity contribution is 6.07. The molecule has 1 amide bonds. The van der Waals surface area contributed by atoms with E-state index in [1.54, 1.807) is 0 Å². The molecule has 0 fully saturated rings. The van der Waals surface area contributed by atoms with Gasteiger partial charge in [0.25, 0.3) is 5.91 Å². The Hall–Kier alpha value is -3.48. The number of fused-ring (bicyclic) bond motifs is 1. The molecule has 4 rings (SSSR count). The van der Waals surface area contributed by atoms with Crippen LogP contribution in [-0.4, -0.2) is 30.5 Å². The number of benzene rings is 1. The van der Waals surface area contributed by atoms with Crippen LogP contribution >= 0.6 is 0 Å². The van der Waals surface area contributed by atoms with Gasteiger partial charge in [0.2, 0.25) is 0 Å². The zero-order valence-corrected chi connectivity index (χ0v) is 18.0. The third kappa shape index (κ3) is 3.47. The van der Waals surface area contributed by atoms with Gasteiger partial charge in [0.1, 0.15) is 0 Å². The van der Waals surface area contributed by atoms with Crippen molar-refractivity contribution >= 4 is 16.8 Å². The van der Waals surface area contributed by atoms with Gasteiger partial charge in [-0.05, 0) is 39.8 Å². The van der Waals surface area contributed by atoms with Gasteiger partial charge in [-0.15, -0.1) is 0 Å². The SMILES string of the molecule is CCn1cc(CNC(=O)c2cc(-c3c(C)nn(C)c3C)nc3ccccc23)c(C)n1. The van der Waals surface area contributed by atoms with E-state index in [0.29, 0.717) is 12.1 Å². The number of aromatic nitrogens is 5. The molecule has 7 nitrogen and oxygen atoms in total. The van der Waals surface area contributed by atoms with E-state index in [9.17, 15) is 4.79 Å². The Bertz CT molecular complexity index is 1250. The van der Waals surface area contributed by atoms with Crippen LogP contribution in [0, 0.1) is 20.8 Å². The van der Waals surface area contributed by atoms with Crippen LogP contribution in [0.4, 0.5) is 0 Å². The summed E-state index contributed by atoms with van der Waals surface area (Å²) in [5, 5.41) is 12.8. The fourth-order valence-corrected chi connectivity index (χ4v) is 3.80. The lowest BCUT2D eigenvalue weighted by atomic mass is 10.0. The summed E-state index contributed by atoms with van der Waals surface area (Å²) in [7, 11) is 1.92. The summed E-state index contributed by atoms with van der Waals surface area (Å²) < 4.78 is 3.72. The van der Waals surface area contributed by atoms with E-state index in [-0.39, 0.29) is 5.91 Å². The number of carbonyl (C=O) groups excluding carboxylic acids is 1. The first-order valence-electron chi connectivity index (χ1n) is 10.1. The molecule has 0 radical (unpaired) electrons. The number of aryl methyl sites for hydroxylation is 4. The van der Waals surface area contributed by atoms with E-state index in [4.69, 9.17) is 4.98 Å². The summed E-state index contributed by atoms with van der Waals surface area (Å²) in [5.74, 6) is -0.127. The summed E-state index contributed by atoms with van der Waals surface area (Å²) in [6.45, 7) is 9.22. The molecule has 1 N–H and O–H groups in total.